The van der Waals surface area contributed by atoms with Crippen molar-refractivity contribution in [3.63, 3.8) is 0 Å². The minimum atomic E-state index is -3.30. The zero-order chi connectivity index (χ0) is 11.5. The normalized spacial score (nSPS) is 10.7. The molecule has 0 amide bonds. The Hall–Kier alpha value is -1.54. The van der Waals surface area contributed by atoms with Crippen LogP contribution in [-0.4, -0.2) is 21.2 Å². The van der Waals surface area contributed by atoms with Crippen LogP contribution >= 0.6 is 0 Å². The lowest BCUT2D eigenvalue weighted by Gasteiger charge is -2.08. The number of nitriles is 1. The Labute approximate surface area is 89.5 Å². The predicted octanol–water partition coefficient (Wildman–Crippen LogP) is 1.39. The smallest absolute Gasteiger partial charge is 0.177 e. The fourth-order valence-corrected chi connectivity index (χ4v) is 2.12. The SMILES string of the molecule is CCNc1ccc(C#N)cc1S(C)(=O)=O. The Balaban J connectivity index is 3.37. The summed E-state index contributed by atoms with van der Waals surface area (Å²) in [5.41, 5.74) is 0.885. The molecule has 1 N–H and O–H groups in total. The molecule has 0 aliphatic rings. The molecule has 1 aromatic rings. The molecule has 4 nitrogen and oxygen atoms in total. The molecule has 1 rings (SSSR count). The summed E-state index contributed by atoms with van der Waals surface area (Å²) in [4.78, 5) is 0.170. The van der Waals surface area contributed by atoms with Crippen molar-refractivity contribution < 1.29 is 8.42 Å². The van der Waals surface area contributed by atoms with Crippen LogP contribution in [0.1, 0.15) is 12.5 Å². The van der Waals surface area contributed by atoms with Gasteiger partial charge >= 0.3 is 0 Å². The fourth-order valence-electron chi connectivity index (χ4n) is 1.24. The molecule has 0 atom stereocenters. The molecule has 0 aliphatic heterocycles. The van der Waals surface area contributed by atoms with Gasteiger partial charge in [-0.05, 0) is 25.1 Å². The summed E-state index contributed by atoms with van der Waals surface area (Å²) in [7, 11) is -3.30. The Morgan fingerprint density at radius 2 is 2.13 bits per heavy atom. The van der Waals surface area contributed by atoms with Crippen LogP contribution in [-0.2, 0) is 9.84 Å². The van der Waals surface area contributed by atoms with Gasteiger partial charge in [-0.25, -0.2) is 8.42 Å². The molecule has 0 spiro atoms. The third-order valence-electron chi connectivity index (χ3n) is 1.88. The molecule has 0 unspecified atom stereocenters. The maximum atomic E-state index is 11.4. The number of hydrogen-bond acceptors (Lipinski definition) is 4. The Morgan fingerprint density at radius 1 is 1.47 bits per heavy atom. The first-order valence-electron chi connectivity index (χ1n) is 4.47. The molecule has 0 saturated heterocycles. The van der Waals surface area contributed by atoms with Gasteiger partial charge in [-0.2, -0.15) is 5.26 Å². The van der Waals surface area contributed by atoms with Gasteiger partial charge in [-0.3, -0.25) is 0 Å². The molecule has 0 fully saturated rings. The largest absolute Gasteiger partial charge is 0.384 e. The second-order valence-corrected chi connectivity index (χ2v) is 5.11. The molecule has 0 aliphatic carbocycles. The number of rotatable bonds is 3. The van der Waals surface area contributed by atoms with E-state index < -0.39 is 9.84 Å². The molecule has 0 saturated carbocycles. The van der Waals surface area contributed by atoms with Gasteiger partial charge in [-0.15, -0.1) is 0 Å². The first-order valence-corrected chi connectivity index (χ1v) is 6.36. The monoisotopic (exact) mass is 224 g/mol. The van der Waals surface area contributed by atoms with Crippen LogP contribution in [0.5, 0.6) is 0 Å². The van der Waals surface area contributed by atoms with E-state index in [4.69, 9.17) is 5.26 Å². The number of nitrogens with one attached hydrogen (secondary N) is 1. The Morgan fingerprint density at radius 3 is 2.60 bits per heavy atom. The van der Waals surface area contributed by atoms with E-state index in [1.54, 1.807) is 12.1 Å². The van der Waals surface area contributed by atoms with E-state index in [0.29, 0.717) is 17.8 Å². The minimum absolute atomic E-state index is 0.170. The predicted molar refractivity (Wildman–Crippen MR) is 58.4 cm³/mol. The lowest BCUT2D eigenvalue weighted by Crippen LogP contribution is -2.05. The van der Waals surface area contributed by atoms with Gasteiger partial charge < -0.3 is 5.32 Å². The number of benzene rings is 1. The Bertz CT molecular complexity index is 501. The maximum absolute atomic E-state index is 11.4. The van der Waals surface area contributed by atoms with Gasteiger partial charge in [0.1, 0.15) is 0 Å². The molecular weight excluding hydrogens is 212 g/mol. The third kappa shape index (κ3) is 2.70. The summed E-state index contributed by atoms with van der Waals surface area (Å²) in [6.07, 6.45) is 1.13. The van der Waals surface area contributed by atoms with E-state index >= 15 is 0 Å². The standard InChI is InChI=1S/C10H12N2O2S/c1-3-12-9-5-4-8(7-11)6-10(9)15(2,13)14/h4-6,12H,3H2,1-2H3. The lowest BCUT2D eigenvalue weighted by atomic mass is 10.2. The van der Waals surface area contributed by atoms with Crippen LogP contribution in [0.2, 0.25) is 0 Å². The molecule has 5 heteroatoms. The molecule has 1 aromatic carbocycles. The topological polar surface area (TPSA) is 70.0 Å². The number of sulfone groups is 1. The Kier molecular flexibility index (Phi) is 3.32. The molecule has 80 valence electrons. The maximum Gasteiger partial charge on any atom is 0.177 e. The molecule has 0 bridgehead atoms. The molecule has 15 heavy (non-hydrogen) atoms. The van der Waals surface area contributed by atoms with Crippen LogP contribution in [0.15, 0.2) is 23.1 Å². The van der Waals surface area contributed by atoms with Crippen LogP contribution in [0, 0.1) is 11.3 Å². The summed E-state index contributed by atoms with van der Waals surface area (Å²) in [5.74, 6) is 0. The van der Waals surface area contributed by atoms with Gasteiger partial charge in [0.15, 0.2) is 9.84 Å². The van der Waals surface area contributed by atoms with E-state index in [1.165, 1.54) is 6.07 Å². The third-order valence-corrected chi connectivity index (χ3v) is 3.01. The van der Waals surface area contributed by atoms with E-state index in [0.717, 1.165) is 6.26 Å². The summed E-state index contributed by atoms with van der Waals surface area (Å²) in [6, 6.07) is 6.50. The highest BCUT2D eigenvalue weighted by Crippen LogP contribution is 2.22. The van der Waals surface area contributed by atoms with Gasteiger partial charge in [0.2, 0.25) is 0 Å². The highest BCUT2D eigenvalue weighted by atomic mass is 32.2. The highest BCUT2D eigenvalue weighted by Gasteiger charge is 2.13. The van der Waals surface area contributed by atoms with E-state index in [-0.39, 0.29) is 4.90 Å². The molecule has 0 radical (unpaired) electrons. The van der Waals surface area contributed by atoms with Crippen molar-refractivity contribution in [2.24, 2.45) is 0 Å². The minimum Gasteiger partial charge on any atom is -0.384 e. The van der Waals surface area contributed by atoms with Crippen LogP contribution in [0.25, 0.3) is 0 Å². The fraction of sp³-hybridized carbons (Fsp3) is 0.300. The van der Waals surface area contributed by atoms with E-state index in [9.17, 15) is 8.42 Å². The van der Waals surface area contributed by atoms with Gasteiger partial charge in [0, 0.05) is 12.8 Å². The zero-order valence-corrected chi connectivity index (χ0v) is 9.43. The van der Waals surface area contributed by atoms with Gasteiger partial charge in [-0.1, -0.05) is 0 Å². The molecule has 0 heterocycles. The van der Waals surface area contributed by atoms with Crippen molar-refractivity contribution in [1.82, 2.24) is 0 Å². The van der Waals surface area contributed by atoms with Crippen molar-refractivity contribution in [1.29, 1.82) is 5.26 Å². The molecular formula is C10H12N2O2S. The first kappa shape index (κ1) is 11.5. The van der Waals surface area contributed by atoms with Crippen LogP contribution in [0.3, 0.4) is 0 Å². The quantitative estimate of drug-likeness (QED) is 0.842. The summed E-state index contributed by atoms with van der Waals surface area (Å²) < 4.78 is 22.9. The van der Waals surface area contributed by atoms with Crippen molar-refractivity contribution in [3.05, 3.63) is 23.8 Å². The van der Waals surface area contributed by atoms with Crippen LogP contribution < -0.4 is 5.32 Å². The van der Waals surface area contributed by atoms with Crippen LogP contribution in [0.4, 0.5) is 5.69 Å². The number of anilines is 1. The number of nitrogens with zero attached hydrogens (tertiary/aromatic N) is 1. The second-order valence-electron chi connectivity index (χ2n) is 3.13. The average Bonchev–Trinajstić information content (AvgIpc) is 2.17. The van der Waals surface area contributed by atoms with Crippen molar-refractivity contribution in [3.8, 4) is 6.07 Å². The van der Waals surface area contributed by atoms with Crippen molar-refractivity contribution >= 4 is 15.5 Å². The zero-order valence-electron chi connectivity index (χ0n) is 8.61. The van der Waals surface area contributed by atoms with Gasteiger partial charge in [0.05, 0.1) is 22.2 Å². The number of hydrogen-bond donors (Lipinski definition) is 1. The second kappa shape index (κ2) is 4.32. The highest BCUT2D eigenvalue weighted by molar-refractivity contribution is 7.90. The van der Waals surface area contributed by atoms with E-state index in [1.807, 2.05) is 13.0 Å². The summed E-state index contributed by atoms with van der Waals surface area (Å²) >= 11 is 0. The van der Waals surface area contributed by atoms with Crippen molar-refractivity contribution in [2.45, 2.75) is 11.8 Å². The lowest BCUT2D eigenvalue weighted by molar-refractivity contribution is 0.602. The van der Waals surface area contributed by atoms with Crippen molar-refractivity contribution in [2.75, 3.05) is 18.1 Å². The summed E-state index contributed by atoms with van der Waals surface area (Å²) in [5, 5.41) is 11.6. The molecule has 0 aromatic heterocycles. The average molecular weight is 224 g/mol. The summed E-state index contributed by atoms with van der Waals surface area (Å²) in [6.45, 7) is 2.51. The van der Waals surface area contributed by atoms with Gasteiger partial charge in [0.25, 0.3) is 0 Å². The van der Waals surface area contributed by atoms with E-state index in [2.05, 4.69) is 5.32 Å². The first-order chi connectivity index (χ1) is 6.99.